The molecule has 2 rings (SSSR count). The molecule has 0 amide bonds. The standard InChI is InChI=1S/C8H13N3/c1-11-8(6-2-3-6)7(4-9)5-10-11/h5-6H,2-4,9H2,1H3. The summed E-state index contributed by atoms with van der Waals surface area (Å²) in [5.41, 5.74) is 8.15. The van der Waals surface area contributed by atoms with E-state index in [2.05, 4.69) is 5.10 Å². The summed E-state index contributed by atoms with van der Waals surface area (Å²) in [6, 6.07) is 0. The summed E-state index contributed by atoms with van der Waals surface area (Å²) in [5, 5.41) is 4.19. The third-order valence-corrected chi connectivity index (χ3v) is 2.25. The van der Waals surface area contributed by atoms with Crippen LogP contribution in [0.15, 0.2) is 6.20 Å². The van der Waals surface area contributed by atoms with Crippen molar-refractivity contribution in [3.63, 3.8) is 0 Å². The van der Waals surface area contributed by atoms with Crippen molar-refractivity contribution in [1.82, 2.24) is 9.78 Å². The second kappa shape index (κ2) is 2.34. The fourth-order valence-electron chi connectivity index (χ4n) is 1.53. The lowest BCUT2D eigenvalue weighted by Crippen LogP contribution is -2.02. The first-order chi connectivity index (χ1) is 5.33. The number of aromatic nitrogens is 2. The van der Waals surface area contributed by atoms with Gasteiger partial charge in [0, 0.05) is 30.8 Å². The molecule has 60 valence electrons. The summed E-state index contributed by atoms with van der Waals surface area (Å²) in [7, 11) is 1.99. The highest BCUT2D eigenvalue weighted by Crippen LogP contribution is 2.41. The minimum atomic E-state index is 0.625. The number of aryl methyl sites for hydroxylation is 1. The van der Waals surface area contributed by atoms with Crippen molar-refractivity contribution in [2.24, 2.45) is 12.8 Å². The van der Waals surface area contributed by atoms with Gasteiger partial charge < -0.3 is 5.73 Å². The molecule has 1 fully saturated rings. The van der Waals surface area contributed by atoms with Crippen LogP contribution >= 0.6 is 0 Å². The Labute approximate surface area is 66.2 Å². The van der Waals surface area contributed by atoms with E-state index >= 15 is 0 Å². The zero-order chi connectivity index (χ0) is 7.84. The third-order valence-electron chi connectivity index (χ3n) is 2.25. The zero-order valence-electron chi connectivity index (χ0n) is 6.75. The van der Waals surface area contributed by atoms with Gasteiger partial charge in [-0.25, -0.2) is 0 Å². The molecular weight excluding hydrogens is 138 g/mol. The van der Waals surface area contributed by atoms with Crippen LogP contribution in [0.4, 0.5) is 0 Å². The fraction of sp³-hybridized carbons (Fsp3) is 0.625. The molecule has 0 atom stereocenters. The Morgan fingerprint density at radius 3 is 3.00 bits per heavy atom. The van der Waals surface area contributed by atoms with Gasteiger partial charge in [0.25, 0.3) is 0 Å². The Kier molecular flexibility index (Phi) is 1.46. The molecule has 1 aliphatic carbocycles. The lowest BCUT2D eigenvalue weighted by Gasteiger charge is -2.00. The molecule has 11 heavy (non-hydrogen) atoms. The molecule has 0 aromatic carbocycles. The average Bonchev–Trinajstić information content (AvgIpc) is 2.76. The Hall–Kier alpha value is -0.830. The minimum Gasteiger partial charge on any atom is -0.326 e. The maximum atomic E-state index is 5.58. The van der Waals surface area contributed by atoms with Crippen LogP contribution in [0, 0.1) is 0 Å². The van der Waals surface area contributed by atoms with Crippen molar-refractivity contribution in [3.8, 4) is 0 Å². The molecule has 3 nitrogen and oxygen atoms in total. The van der Waals surface area contributed by atoms with Crippen LogP contribution in [0.1, 0.15) is 30.0 Å². The molecule has 1 aliphatic rings. The quantitative estimate of drug-likeness (QED) is 0.678. The highest BCUT2D eigenvalue weighted by atomic mass is 15.3. The second-order valence-corrected chi connectivity index (χ2v) is 3.16. The lowest BCUT2D eigenvalue weighted by atomic mass is 10.2. The predicted molar refractivity (Wildman–Crippen MR) is 43.1 cm³/mol. The van der Waals surface area contributed by atoms with Gasteiger partial charge in [0.05, 0.1) is 6.20 Å². The van der Waals surface area contributed by atoms with Crippen molar-refractivity contribution in [2.45, 2.75) is 25.3 Å². The van der Waals surface area contributed by atoms with E-state index in [0.717, 1.165) is 5.92 Å². The summed E-state index contributed by atoms with van der Waals surface area (Å²) in [6.45, 7) is 0.625. The highest BCUT2D eigenvalue weighted by Gasteiger charge is 2.28. The molecule has 0 bridgehead atoms. The molecule has 3 heteroatoms. The number of hydrogen-bond acceptors (Lipinski definition) is 2. The van der Waals surface area contributed by atoms with Crippen molar-refractivity contribution >= 4 is 0 Å². The molecule has 0 unspecified atom stereocenters. The molecule has 1 aromatic heterocycles. The maximum Gasteiger partial charge on any atom is 0.0537 e. The number of hydrogen-bond donors (Lipinski definition) is 1. The molecule has 1 aromatic rings. The van der Waals surface area contributed by atoms with Gasteiger partial charge in [-0.2, -0.15) is 5.10 Å². The van der Waals surface area contributed by atoms with Crippen LogP contribution in [0.3, 0.4) is 0 Å². The summed E-state index contributed by atoms with van der Waals surface area (Å²) in [6.07, 6.45) is 4.51. The van der Waals surface area contributed by atoms with Crippen LogP contribution in [0.2, 0.25) is 0 Å². The first kappa shape index (κ1) is 6.85. The predicted octanol–water partition coefficient (Wildman–Crippen LogP) is 0.756. The van der Waals surface area contributed by atoms with Gasteiger partial charge >= 0.3 is 0 Å². The van der Waals surface area contributed by atoms with Crippen molar-refractivity contribution in [1.29, 1.82) is 0 Å². The number of nitrogens with two attached hydrogens (primary N) is 1. The molecule has 1 heterocycles. The van der Waals surface area contributed by atoms with E-state index in [1.165, 1.54) is 24.1 Å². The summed E-state index contributed by atoms with van der Waals surface area (Å²) in [5.74, 6) is 0.751. The molecule has 0 aliphatic heterocycles. The van der Waals surface area contributed by atoms with E-state index in [1.54, 1.807) is 0 Å². The van der Waals surface area contributed by atoms with Crippen LogP contribution in [-0.4, -0.2) is 9.78 Å². The van der Waals surface area contributed by atoms with Gasteiger partial charge in [0.1, 0.15) is 0 Å². The Morgan fingerprint density at radius 2 is 2.45 bits per heavy atom. The minimum absolute atomic E-state index is 0.625. The van der Waals surface area contributed by atoms with E-state index < -0.39 is 0 Å². The summed E-state index contributed by atoms with van der Waals surface area (Å²) in [4.78, 5) is 0. The SMILES string of the molecule is Cn1ncc(CN)c1C1CC1. The first-order valence-corrected chi connectivity index (χ1v) is 4.03. The van der Waals surface area contributed by atoms with E-state index in [1.807, 2.05) is 17.9 Å². The van der Waals surface area contributed by atoms with E-state index in [0.29, 0.717) is 6.54 Å². The molecule has 0 radical (unpaired) electrons. The van der Waals surface area contributed by atoms with Crippen LogP contribution < -0.4 is 5.73 Å². The monoisotopic (exact) mass is 151 g/mol. The smallest absolute Gasteiger partial charge is 0.0537 e. The van der Waals surface area contributed by atoms with Crippen LogP contribution in [0.25, 0.3) is 0 Å². The van der Waals surface area contributed by atoms with Crippen molar-refractivity contribution in [2.75, 3.05) is 0 Å². The maximum absolute atomic E-state index is 5.58. The average molecular weight is 151 g/mol. The van der Waals surface area contributed by atoms with Gasteiger partial charge in [0.15, 0.2) is 0 Å². The van der Waals surface area contributed by atoms with E-state index in [-0.39, 0.29) is 0 Å². The first-order valence-electron chi connectivity index (χ1n) is 4.03. The molecular formula is C8H13N3. The topological polar surface area (TPSA) is 43.8 Å². The number of nitrogens with zero attached hydrogens (tertiary/aromatic N) is 2. The molecule has 1 saturated carbocycles. The van der Waals surface area contributed by atoms with Gasteiger partial charge in [0.2, 0.25) is 0 Å². The molecule has 2 N–H and O–H groups in total. The highest BCUT2D eigenvalue weighted by molar-refractivity contribution is 5.25. The Morgan fingerprint density at radius 1 is 1.73 bits per heavy atom. The summed E-state index contributed by atoms with van der Waals surface area (Å²) >= 11 is 0. The van der Waals surface area contributed by atoms with Crippen molar-refractivity contribution in [3.05, 3.63) is 17.5 Å². The van der Waals surface area contributed by atoms with E-state index in [9.17, 15) is 0 Å². The molecule has 0 spiro atoms. The normalized spacial score (nSPS) is 17.3. The van der Waals surface area contributed by atoms with Crippen LogP contribution in [0.5, 0.6) is 0 Å². The second-order valence-electron chi connectivity index (χ2n) is 3.16. The van der Waals surface area contributed by atoms with Gasteiger partial charge in [-0.15, -0.1) is 0 Å². The fourth-order valence-corrected chi connectivity index (χ4v) is 1.53. The van der Waals surface area contributed by atoms with E-state index in [4.69, 9.17) is 5.73 Å². The number of rotatable bonds is 2. The van der Waals surface area contributed by atoms with Crippen LogP contribution in [-0.2, 0) is 13.6 Å². The molecule has 0 saturated heterocycles. The van der Waals surface area contributed by atoms with Gasteiger partial charge in [-0.1, -0.05) is 0 Å². The Balaban J connectivity index is 2.38. The van der Waals surface area contributed by atoms with Gasteiger partial charge in [-0.05, 0) is 12.8 Å². The van der Waals surface area contributed by atoms with Crippen molar-refractivity contribution < 1.29 is 0 Å². The zero-order valence-corrected chi connectivity index (χ0v) is 6.75. The third kappa shape index (κ3) is 1.05. The Bertz CT molecular complexity index is 260. The largest absolute Gasteiger partial charge is 0.326 e. The van der Waals surface area contributed by atoms with Gasteiger partial charge in [-0.3, -0.25) is 4.68 Å². The lowest BCUT2D eigenvalue weighted by molar-refractivity contribution is 0.710. The summed E-state index contributed by atoms with van der Waals surface area (Å²) < 4.78 is 1.96.